The van der Waals surface area contributed by atoms with Crippen LogP contribution in [0.2, 0.25) is 0 Å². The second-order valence-corrected chi connectivity index (χ2v) is 7.11. The lowest BCUT2D eigenvalue weighted by Crippen LogP contribution is -2.44. The maximum atomic E-state index is 12.4. The average Bonchev–Trinajstić information content (AvgIpc) is 2.78. The molecule has 7 nitrogen and oxygen atoms in total. The Morgan fingerprint density at radius 3 is 2.10 bits per heavy atom. The molecule has 0 radical (unpaired) electrons. The molecule has 1 aliphatic heterocycles. The Morgan fingerprint density at radius 1 is 0.900 bits per heavy atom. The van der Waals surface area contributed by atoms with Crippen LogP contribution in [0.4, 0.5) is 11.4 Å². The third kappa shape index (κ3) is 5.24. The number of methoxy groups -OCH3 is 3. The summed E-state index contributed by atoms with van der Waals surface area (Å²) in [5.41, 5.74) is 2.64. The number of nitrogens with zero attached hydrogens (tertiary/aromatic N) is 2. The average molecular weight is 412 g/mol. The topological polar surface area (TPSA) is 63.3 Å². The molecule has 0 spiro atoms. The van der Waals surface area contributed by atoms with Crippen LogP contribution in [0.5, 0.6) is 17.2 Å². The molecule has 1 heterocycles. The first-order chi connectivity index (χ1) is 14.5. The van der Waals surface area contributed by atoms with Gasteiger partial charge in [-0.2, -0.15) is 0 Å². The van der Waals surface area contributed by atoms with E-state index in [-0.39, 0.29) is 5.91 Å². The minimum absolute atomic E-state index is 0.223. The number of ether oxygens (including phenoxy) is 3. The molecule has 1 aliphatic rings. The van der Waals surface area contributed by atoms with Crippen LogP contribution in [0.15, 0.2) is 42.5 Å². The van der Waals surface area contributed by atoms with Gasteiger partial charge in [0.05, 0.1) is 21.3 Å². The first kappa shape index (κ1) is 21.5. The van der Waals surface area contributed by atoms with E-state index in [2.05, 4.69) is 22.2 Å². The van der Waals surface area contributed by atoms with Gasteiger partial charge >= 0.3 is 0 Å². The zero-order valence-corrected chi connectivity index (χ0v) is 18.0. The number of rotatable bonds is 7. The molecule has 0 saturated carbocycles. The summed E-state index contributed by atoms with van der Waals surface area (Å²) < 4.78 is 16.0. The number of hydrogen-bond acceptors (Lipinski definition) is 6. The summed E-state index contributed by atoms with van der Waals surface area (Å²) in [5, 5.41) is 2.89. The fourth-order valence-corrected chi connectivity index (χ4v) is 3.35. The smallest absolute Gasteiger partial charge is 0.248 e. The normalized spacial score (nSPS) is 14.6. The van der Waals surface area contributed by atoms with Crippen molar-refractivity contribution in [1.29, 1.82) is 0 Å². The van der Waals surface area contributed by atoms with Gasteiger partial charge in [0.2, 0.25) is 5.91 Å². The number of piperazine rings is 1. The highest BCUT2D eigenvalue weighted by atomic mass is 16.5. The maximum absolute atomic E-state index is 12.4. The Morgan fingerprint density at radius 2 is 1.50 bits per heavy atom. The van der Waals surface area contributed by atoms with Crippen molar-refractivity contribution in [1.82, 2.24) is 4.90 Å². The van der Waals surface area contributed by atoms with Gasteiger partial charge in [-0.15, -0.1) is 0 Å². The molecule has 0 aromatic heterocycles. The highest BCUT2D eigenvalue weighted by Crippen LogP contribution is 2.35. The summed E-state index contributed by atoms with van der Waals surface area (Å²) in [5.74, 6) is 1.50. The van der Waals surface area contributed by atoms with Gasteiger partial charge < -0.3 is 29.3 Å². The van der Waals surface area contributed by atoms with E-state index in [9.17, 15) is 4.79 Å². The van der Waals surface area contributed by atoms with Crippen LogP contribution in [-0.4, -0.2) is 65.4 Å². The van der Waals surface area contributed by atoms with Gasteiger partial charge in [0.25, 0.3) is 0 Å². The number of nitrogens with one attached hydrogen (secondary N) is 1. The van der Waals surface area contributed by atoms with Gasteiger partial charge in [0.1, 0.15) is 5.75 Å². The molecule has 1 N–H and O–H groups in total. The SMILES string of the molecule is COc1cc(OC)c(OC)cc1/C=C/C(=O)Nc1ccc(N2CCN(C)CC2)cc1. The molecule has 1 fully saturated rings. The predicted octanol–water partition coefficient (Wildman–Crippen LogP) is 3.12. The first-order valence-corrected chi connectivity index (χ1v) is 9.86. The van der Waals surface area contributed by atoms with Crippen LogP contribution in [0.25, 0.3) is 6.08 Å². The van der Waals surface area contributed by atoms with Crippen molar-refractivity contribution in [3.63, 3.8) is 0 Å². The summed E-state index contributed by atoms with van der Waals surface area (Å²) in [6.07, 6.45) is 3.16. The van der Waals surface area contributed by atoms with Gasteiger partial charge in [0, 0.05) is 55.3 Å². The van der Waals surface area contributed by atoms with Crippen molar-refractivity contribution in [2.75, 3.05) is 64.8 Å². The van der Waals surface area contributed by atoms with Gasteiger partial charge in [0.15, 0.2) is 11.5 Å². The Hall–Kier alpha value is -3.19. The van der Waals surface area contributed by atoms with Crippen LogP contribution >= 0.6 is 0 Å². The van der Waals surface area contributed by atoms with E-state index >= 15 is 0 Å². The molecule has 0 atom stereocenters. The van der Waals surface area contributed by atoms with E-state index < -0.39 is 0 Å². The molecule has 160 valence electrons. The quantitative estimate of drug-likeness (QED) is 0.707. The van der Waals surface area contributed by atoms with Crippen LogP contribution < -0.4 is 24.4 Å². The lowest BCUT2D eigenvalue weighted by atomic mass is 10.1. The van der Waals surface area contributed by atoms with Crippen LogP contribution in [-0.2, 0) is 4.79 Å². The molecule has 2 aromatic rings. The van der Waals surface area contributed by atoms with Gasteiger partial charge in [-0.1, -0.05) is 0 Å². The van der Waals surface area contributed by atoms with Gasteiger partial charge in [-0.3, -0.25) is 4.79 Å². The summed E-state index contributed by atoms with van der Waals surface area (Å²) in [6.45, 7) is 4.14. The fraction of sp³-hybridized carbons (Fsp3) is 0.348. The Kier molecular flexibility index (Phi) is 7.19. The lowest BCUT2D eigenvalue weighted by molar-refractivity contribution is -0.111. The van der Waals surface area contributed by atoms with Gasteiger partial charge in [-0.25, -0.2) is 0 Å². The molecule has 0 aliphatic carbocycles. The second-order valence-electron chi connectivity index (χ2n) is 7.11. The highest BCUT2D eigenvalue weighted by molar-refractivity contribution is 6.02. The molecule has 7 heteroatoms. The van der Waals surface area contributed by atoms with Crippen LogP contribution in [0.1, 0.15) is 5.56 Å². The second kappa shape index (κ2) is 10.0. The zero-order chi connectivity index (χ0) is 21.5. The van der Waals surface area contributed by atoms with E-state index in [1.54, 1.807) is 39.5 Å². The summed E-state index contributed by atoms with van der Waals surface area (Å²) in [7, 11) is 6.84. The number of carbonyl (C=O) groups excluding carboxylic acids is 1. The van der Waals surface area contributed by atoms with E-state index in [1.165, 1.54) is 11.8 Å². The minimum Gasteiger partial charge on any atom is -0.496 e. The highest BCUT2D eigenvalue weighted by Gasteiger charge is 2.14. The number of carbonyl (C=O) groups is 1. The Balaban J connectivity index is 1.65. The number of benzene rings is 2. The van der Waals surface area contributed by atoms with E-state index in [4.69, 9.17) is 14.2 Å². The maximum Gasteiger partial charge on any atom is 0.248 e. The molecule has 1 amide bonds. The number of likely N-dealkylation sites (N-methyl/N-ethyl adjacent to an activating group) is 1. The van der Waals surface area contributed by atoms with E-state index in [0.717, 1.165) is 37.4 Å². The molecular weight excluding hydrogens is 382 g/mol. The summed E-state index contributed by atoms with van der Waals surface area (Å²) in [6, 6.07) is 11.4. The van der Waals surface area contributed by atoms with Crippen molar-refractivity contribution in [3.05, 3.63) is 48.0 Å². The molecule has 3 rings (SSSR count). The van der Waals surface area contributed by atoms with Crippen molar-refractivity contribution in [2.24, 2.45) is 0 Å². The molecule has 30 heavy (non-hydrogen) atoms. The minimum atomic E-state index is -0.223. The monoisotopic (exact) mass is 411 g/mol. The molecular formula is C23H29N3O4. The first-order valence-electron chi connectivity index (χ1n) is 9.86. The van der Waals surface area contributed by atoms with Crippen molar-refractivity contribution < 1.29 is 19.0 Å². The van der Waals surface area contributed by atoms with Crippen molar-refractivity contribution in [3.8, 4) is 17.2 Å². The predicted molar refractivity (Wildman–Crippen MR) is 120 cm³/mol. The van der Waals surface area contributed by atoms with E-state index in [0.29, 0.717) is 17.2 Å². The standard InChI is InChI=1S/C23H29N3O4/c1-25-11-13-26(14-12-25)19-8-6-18(7-9-19)24-23(27)10-5-17-15-21(29-3)22(30-4)16-20(17)28-2/h5-10,15-16H,11-14H2,1-4H3,(H,24,27)/b10-5+. The lowest BCUT2D eigenvalue weighted by Gasteiger charge is -2.34. The summed E-state index contributed by atoms with van der Waals surface area (Å²) in [4.78, 5) is 17.1. The van der Waals surface area contributed by atoms with Crippen molar-refractivity contribution >= 4 is 23.4 Å². The number of anilines is 2. The van der Waals surface area contributed by atoms with Gasteiger partial charge in [-0.05, 0) is 43.5 Å². The number of amides is 1. The van der Waals surface area contributed by atoms with Crippen molar-refractivity contribution in [2.45, 2.75) is 0 Å². The Labute approximate surface area is 177 Å². The van der Waals surface area contributed by atoms with Crippen LogP contribution in [0, 0.1) is 0 Å². The molecule has 2 aromatic carbocycles. The Bertz CT molecular complexity index is 888. The van der Waals surface area contributed by atoms with Crippen LogP contribution in [0.3, 0.4) is 0 Å². The fourth-order valence-electron chi connectivity index (χ4n) is 3.35. The summed E-state index contributed by atoms with van der Waals surface area (Å²) >= 11 is 0. The zero-order valence-electron chi connectivity index (χ0n) is 18.0. The molecule has 0 unspecified atom stereocenters. The molecule has 1 saturated heterocycles. The molecule has 0 bridgehead atoms. The van der Waals surface area contributed by atoms with E-state index in [1.807, 2.05) is 24.3 Å². The number of hydrogen-bond donors (Lipinski definition) is 1. The third-order valence-corrected chi connectivity index (χ3v) is 5.15. The largest absolute Gasteiger partial charge is 0.496 e. The third-order valence-electron chi connectivity index (χ3n) is 5.15.